The maximum atomic E-state index is 2.14. The van der Waals surface area contributed by atoms with E-state index in [4.69, 9.17) is 0 Å². The third-order valence-corrected chi connectivity index (χ3v) is 3.50. The molecule has 0 aliphatic rings. The maximum absolute atomic E-state index is 2.14. The van der Waals surface area contributed by atoms with Crippen molar-refractivity contribution in [2.75, 3.05) is 38.0 Å². The minimum absolute atomic E-state index is 1.22. The molecule has 0 saturated carbocycles. The Morgan fingerprint density at radius 1 is 0.591 bits per heavy atom. The Morgan fingerprint density at radius 3 is 1.32 bits per heavy atom. The first-order chi connectivity index (χ1) is 10.6. The van der Waals surface area contributed by atoms with Gasteiger partial charge in [-0.3, -0.25) is 0 Å². The average Bonchev–Trinajstić information content (AvgIpc) is 2.52. The Bertz CT molecular complexity index is 607. The first-order valence-electron chi connectivity index (χ1n) is 7.47. The van der Waals surface area contributed by atoms with Crippen LogP contribution in [0.25, 0.3) is 12.2 Å². The number of para-hydroxylation sites is 2. The standard InChI is InChI=1S/C20H24N2/c1-21(2)19-15-9-7-13-17(19)11-5-6-12-18-14-8-10-16-20(18)22(3)4/h5-16H,1-4H3/b11-5-,12-6-. The van der Waals surface area contributed by atoms with E-state index >= 15 is 0 Å². The van der Waals surface area contributed by atoms with Crippen molar-refractivity contribution in [1.29, 1.82) is 0 Å². The maximum Gasteiger partial charge on any atom is 0.0434 e. The minimum atomic E-state index is 1.22. The molecule has 22 heavy (non-hydrogen) atoms. The summed E-state index contributed by atoms with van der Waals surface area (Å²) in [5.41, 5.74) is 4.89. The molecule has 0 amide bonds. The molecule has 2 rings (SSSR count). The van der Waals surface area contributed by atoms with Crippen LogP contribution in [0, 0.1) is 0 Å². The van der Waals surface area contributed by atoms with Crippen LogP contribution in [0.5, 0.6) is 0 Å². The van der Waals surface area contributed by atoms with Crippen LogP contribution in [-0.4, -0.2) is 28.2 Å². The molecule has 0 aromatic heterocycles. The van der Waals surface area contributed by atoms with E-state index < -0.39 is 0 Å². The molecule has 0 heterocycles. The number of anilines is 2. The van der Waals surface area contributed by atoms with E-state index in [1.54, 1.807) is 0 Å². The highest BCUT2D eigenvalue weighted by molar-refractivity contribution is 5.71. The van der Waals surface area contributed by atoms with Crippen LogP contribution in [0.1, 0.15) is 11.1 Å². The third-order valence-electron chi connectivity index (χ3n) is 3.50. The summed E-state index contributed by atoms with van der Waals surface area (Å²) in [6.45, 7) is 0. The fourth-order valence-electron chi connectivity index (χ4n) is 2.39. The molecule has 0 aliphatic carbocycles. The molecule has 2 heteroatoms. The second-order valence-corrected chi connectivity index (χ2v) is 5.62. The zero-order valence-electron chi connectivity index (χ0n) is 13.8. The lowest BCUT2D eigenvalue weighted by molar-refractivity contribution is 1.13. The van der Waals surface area contributed by atoms with Crippen LogP contribution in [0.15, 0.2) is 60.7 Å². The van der Waals surface area contributed by atoms with Crippen LogP contribution in [-0.2, 0) is 0 Å². The monoisotopic (exact) mass is 292 g/mol. The van der Waals surface area contributed by atoms with Gasteiger partial charge in [0.25, 0.3) is 0 Å². The first kappa shape index (κ1) is 15.9. The smallest absolute Gasteiger partial charge is 0.0434 e. The first-order valence-corrected chi connectivity index (χ1v) is 7.47. The van der Waals surface area contributed by atoms with Gasteiger partial charge in [0.05, 0.1) is 0 Å². The molecule has 0 bridgehead atoms. The van der Waals surface area contributed by atoms with Crippen LogP contribution in [0.3, 0.4) is 0 Å². The van der Waals surface area contributed by atoms with Crippen LogP contribution in [0.2, 0.25) is 0 Å². The van der Waals surface area contributed by atoms with E-state index in [-0.39, 0.29) is 0 Å². The van der Waals surface area contributed by atoms with Crippen molar-refractivity contribution in [3.63, 3.8) is 0 Å². The Balaban J connectivity index is 2.17. The van der Waals surface area contributed by atoms with E-state index in [1.165, 1.54) is 22.5 Å². The topological polar surface area (TPSA) is 6.48 Å². The van der Waals surface area contributed by atoms with Gasteiger partial charge in [-0.05, 0) is 23.3 Å². The largest absolute Gasteiger partial charge is 0.377 e. The molecule has 0 saturated heterocycles. The average molecular weight is 292 g/mol. The quantitative estimate of drug-likeness (QED) is 0.746. The van der Waals surface area contributed by atoms with E-state index in [0.717, 1.165) is 0 Å². The summed E-state index contributed by atoms with van der Waals surface area (Å²) in [7, 11) is 8.26. The van der Waals surface area contributed by atoms with Crippen molar-refractivity contribution in [1.82, 2.24) is 0 Å². The van der Waals surface area contributed by atoms with Crippen molar-refractivity contribution < 1.29 is 0 Å². The highest BCUT2D eigenvalue weighted by atomic mass is 15.1. The predicted octanol–water partition coefficient (Wildman–Crippen LogP) is 4.55. The van der Waals surface area contributed by atoms with Gasteiger partial charge in [-0.15, -0.1) is 0 Å². The van der Waals surface area contributed by atoms with Gasteiger partial charge in [-0.1, -0.05) is 60.7 Å². The van der Waals surface area contributed by atoms with Crippen molar-refractivity contribution in [2.45, 2.75) is 0 Å². The highest BCUT2D eigenvalue weighted by Gasteiger charge is 2.00. The molecule has 0 radical (unpaired) electrons. The number of hydrogen-bond acceptors (Lipinski definition) is 2. The normalized spacial score (nSPS) is 11.3. The molecular formula is C20H24N2. The Hall–Kier alpha value is -2.48. The lowest BCUT2D eigenvalue weighted by Gasteiger charge is -2.15. The summed E-state index contributed by atoms with van der Waals surface area (Å²) in [6.07, 6.45) is 8.47. The summed E-state index contributed by atoms with van der Waals surface area (Å²) in [5, 5.41) is 0. The Labute approximate surface area is 134 Å². The van der Waals surface area contributed by atoms with Crippen molar-refractivity contribution in [3.05, 3.63) is 71.8 Å². The molecule has 0 unspecified atom stereocenters. The molecule has 2 aromatic carbocycles. The summed E-state index contributed by atoms with van der Waals surface area (Å²) < 4.78 is 0. The number of benzene rings is 2. The van der Waals surface area contributed by atoms with Gasteiger partial charge in [0, 0.05) is 39.6 Å². The summed E-state index contributed by atoms with van der Waals surface area (Å²) >= 11 is 0. The van der Waals surface area contributed by atoms with Gasteiger partial charge in [-0.2, -0.15) is 0 Å². The zero-order chi connectivity index (χ0) is 15.9. The van der Waals surface area contributed by atoms with Gasteiger partial charge >= 0.3 is 0 Å². The molecule has 0 fully saturated rings. The molecule has 0 atom stereocenters. The molecule has 114 valence electrons. The third kappa shape index (κ3) is 4.01. The SMILES string of the molecule is CN(C)c1ccccc1/C=C\C=C/c1ccccc1N(C)C. The van der Waals surface area contributed by atoms with Crippen molar-refractivity contribution in [2.24, 2.45) is 0 Å². The van der Waals surface area contributed by atoms with Crippen LogP contribution < -0.4 is 9.80 Å². The second-order valence-electron chi connectivity index (χ2n) is 5.62. The molecule has 2 nitrogen and oxygen atoms in total. The Morgan fingerprint density at radius 2 is 0.955 bits per heavy atom. The molecule has 0 N–H and O–H groups in total. The molecule has 2 aromatic rings. The zero-order valence-corrected chi connectivity index (χ0v) is 13.8. The molecular weight excluding hydrogens is 268 g/mol. The van der Waals surface area contributed by atoms with Crippen LogP contribution in [0.4, 0.5) is 11.4 Å². The highest BCUT2D eigenvalue weighted by Crippen LogP contribution is 2.21. The lowest BCUT2D eigenvalue weighted by atomic mass is 10.1. The van der Waals surface area contributed by atoms with E-state index in [9.17, 15) is 0 Å². The summed E-state index contributed by atoms with van der Waals surface area (Å²) in [6, 6.07) is 16.8. The van der Waals surface area contributed by atoms with Crippen molar-refractivity contribution >= 4 is 23.5 Å². The van der Waals surface area contributed by atoms with Gasteiger partial charge in [0.1, 0.15) is 0 Å². The van der Waals surface area contributed by atoms with Gasteiger partial charge in [0.15, 0.2) is 0 Å². The van der Waals surface area contributed by atoms with Crippen LogP contribution >= 0.6 is 0 Å². The number of allylic oxidation sites excluding steroid dienone is 2. The fourth-order valence-corrected chi connectivity index (χ4v) is 2.39. The lowest BCUT2D eigenvalue weighted by Crippen LogP contribution is -2.09. The number of nitrogens with zero attached hydrogens (tertiary/aromatic N) is 2. The number of hydrogen-bond donors (Lipinski definition) is 0. The fraction of sp³-hybridized carbons (Fsp3) is 0.200. The summed E-state index contributed by atoms with van der Waals surface area (Å²) in [4.78, 5) is 4.26. The Kier molecular flexibility index (Phi) is 5.42. The van der Waals surface area contributed by atoms with E-state index in [1.807, 2.05) is 0 Å². The van der Waals surface area contributed by atoms with Gasteiger partial charge < -0.3 is 9.80 Å². The van der Waals surface area contributed by atoms with Gasteiger partial charge in [-0.25, -0.2) is 0 Å². The second kappa shape index (κ2) is 7.51. The van der Waals surface area contributed by atoms with Gasteiger partial charge in [0.2, 0.25) is 0 Å². The minimum Gasteiger partial charge on any atom is -0.377 e. The molecule has 0 spiro atoms. The molecule has 0 aliphatic heterocycles. The van der Waals surface area contributed by atoms with E-state index in [2.05, 4.69) is 111 Å². The summed E-state index contributed by atoms with van der Waals surface area (Å²) in [5.74, 6) is 0. The number of rotatable bonds is 5. The van der Waals surface area contributed by atoms with Crippen molar-refractivity contribution in [3.8, 4) is 0 Å². The predicted molar refractivity (Wildman–Crippen MR) is 99.6 cm³/mol. The van der Waals surface area contributed by atoms with E-state index in [0.29, 0.717) is 0 Å².